The molecule has 1 aromatic rings. The Bertz CT molecular complexity index is 386. The Kier molecular flexibility index (Phi) is 3.14. The Balaban J connectivity index is 1.93. The Hall–Kier alpha value is -1.10. The standard InChI is InChI=1S/C11H10F3NS/c12-11(13,14)9-7-16-10(15-9)6-8-4-2-1-3-5-8/h1-5,7,10,15H,6H2. The lowest BCUT2D eigenvalue weighted by molar-refractivity contribution is -0.0962. The normalized spacial score (nSPS) is 20.4. The van der Waals surface area contributed by atoms with Crippen molar-refractivity contribution in [1.82, 2.24) is 5.32 Å². The van der Waals surface area contributed by atoms with E-state index in [0.717, 1.165) is 11.0 Å². The van der Waals surface area contributed by atoms with Crippen LogP contribution in [0.3, 0.4) is 0 Å². The first kappa shape index (κ1) is 11.4. The quantitative estimate of drug-likeness (QED) is 0.858. The molecule has 0 saturated heterocycles. The predicted octanol–water partition coefficient (Wildman–Crippen LogP) is 3.30. The highest BCUT2D eigenvalue weighted by molar-refractivity contribution is 8.02. The van der Waals surface area contributed by atoms with E-state index in [2.05, 4.69) is 5.32 Å². The maximum absolute atomic E-state index is 12.3. The van der Waals surface area contributed by atoms with E-state index >= 15 is 0 Å². The minimum Gasteiger partial charge on any atom is -0.368 e. The van der Waals surface area contributed by atoms with Crippen LogP contribution in [0.25, 0.3) is 0 Å². The van der Waals surface area contributed by atoms with Crippen LogP contribution in [0.4, 0.5) is 13.2 Å². The van der Waals surface area contributed by atoms with Gasteiger partial charge in [0.2, 0.25) is 0 Å². The van der Waals surface area contributed by atoms with E-state index < -0.39 is 11.9 Å². The summed E-state index contributed by atoms with van der Waals surface area (Å²) in [6.07, 6.45) is -3.68. The molecule has 1 aliphatic heterocycles. The smallest absolute Gasteiger partial charge is 0.368 e. The van der Waals surface area contributed by atoms with Crippen molar-refractivity contribution < 1.29 is 13.2 Å². The van der Waals surface area contributed by atoms with E-state index in [1.165, 1.54) is 11.8 Å². The molecule has 1 nitrogen and oxygen atoms in total. The van der Waals surface area contributed by atoms with Gasteiger partial charge in [0.05, 0.1) is 5.37 Å². The number of hydrogen-bond acceptors (Lipinski definition) is 2. The summed E-state index contributed by atoms with van der Waals surface area (Å²) in [5.74, 6) is 0. The van der Waals surface area contributed by atoms with Crippen molar-refractivity contribution in [3.63, 3.8) is 0 Å². The zero-order valence-corrected chi connectivity index (χ0v) is 9.11. The number of hydrogen-bond donors (Lipinski definition) is 1. The van der Waals surface area contributed by atoms with Crippen molar-refractivity contribution in [1.29, 1.82) is 0 Å². The van der Waals surface area contributed by atoms with Gasteiger partial charge in [-0.05, 0) is 5.56 Å². The Morgan fingerprint density at radius 3 is 2.44 bits per heavy atom. The van der Waals surface area contributed by atoms with Crippen LogP contribution in [-0.2, 0) is 6.42 Å². The van der Waals surface area contributed by atoms with E-state index in [0.29, 0.717) is 6.42 Å². The number of halogens is 3. The van der Waals surface area contributed by atoms with E-state index in [9.17, 15) is 13.2 Å². The van der Waals surface area contributed by atoms with Gasteiger partial charge in [-0.25, -0.2) is 0 Å². The SMILES string of the molecule is FC(F)(F)C1=CSC(Cc2ccccc2)N1. The van der Waals surface area contributed by atoms with Crippen LogP contribution in [0.2, 0.25) is 0 Å². The van der Waals surface area contributed by atoms with Gasteiger partial charge in [-0.15, -0.1) is 11.8 Å². The van der Waals surface area contributed by atoms with Gasteiger partial charge in [-0.3, -0.25) is 0 Å². The van der Waals surface area contributed by atoms with Gasteiger partial charge >= 0.3 is 6.18 Å². The minimum absolute atomic E-state index is 0.223. The summed E-state index contributed by atoms with van der Waals surface area (Å²) in [7, 11) is 0. The molecule has 86 valence electrons. The molecule has 1 heterocycles. The van der Waals surface area contributed by atoms with Crippen molar-refractivity contribution >= 4 is 11.8 Å². The second-order valence-electron chi connectivity index (χ2n) is 3.49. The van der Waals surface area contributed by atoms with Gasteiger partial charge in [0.15, 0.2) is 0 Å². The lowest BCUT2D eigenvalue weighted by Gasteiger charge is -2.14. The summed E-state index contributed by atoms with van der Waals surface area (Å²) >= 11 is 1.18. The monoisotopic (exact) mass is 245 g/mol. The van der Waals surface area contributed by atoms with Gasteiger partial charge in [-0.1, -0.05) is 30.3 Å². The van der Waals surface area contributed by atoms with Crippen LogP contribution in [0, 0.1) is 0 Å². The number of alkyl halides is 3. The Labute approximate surface area is 95.7 Å². The van der Waals surface area contributed by atoms with Crippen LogP contribution in [0.15, 0.2) is 41.4 Å². The third kappa shape index (κ3) is 2.72. The number of allylic oxidation sites excluding steroid dienone is 1. The van der Waals surface area contributed by atoms with Crippen molar-refractivity contribution in [2.75, 3.05) is 0 Å². The molecule has 0 fully saturated rings. The second kappa shape index (κ2) is 4.41. The molecule has 0 spiro atoms. The average molecular weight is 245 g/mol. The molecule has 1 N–H and O–H groups in total. The first-order valence-electron chi connectivity index (χ1n) is 4.79. The summed E-state index contributed by atoms with van der Waals surface area (Å²) in [6.45, 7) is 0. The molecule has 0 bridgehead atoms. The molecule has 1 unspecified atom stereocenters. The third-order valence-corrected chi connectivity index (χ3v) is 3.22. The van der Waals surface area contributed by atoms with E-state index in [1.807, 2.05) is 30.3 Å². The summed E-state index contributed by atoms with van der Waals surface area (Å²) in [5, 5.41) is 3.40. The number of benzene rings is 1. The van der Waals surface area contributed by atoms with Crippen LogP contribution >= 0.6 is 11.8 Å². The molecule has 5 heteroatoms. The zero-order chi connectivity index (χ0) is 11.6. The molecule has 2 rings (SSSR count). The zero-order valence-electron chi connectivity index (χ0n) is 8.29. The van der Waals surface area contributed by atoms with E-state index in [1.54, 1.807) is 0 Å². The molecular weight excluding hydrogens is 235 g/mol. The topological polar surface area (TPSA) is 12.0 Å². The molecule has 0 aromatic heterocycles. The molecule has 0 aliphatic carbocycles. The van der Waals surface area contributed by atoms with Gasteiger partial charge in [0.25, 0.3) is 0 Å². The van der Waals surface area contributed by atoms with Gasteiger partial charge in [-0.2, -0.15) is 13.2 Å². The Morgan fingerprint density at radius 2 is 1.88 bits per heavy atom. The van der Waals surface area contributed by atoms with Crippen LogP contribution in [0.5, 0.6) is 0 Å². The summed E-state index contributed by atoms with van der Waals surface area (Å²) in [5.41, 5.74) is 0.391. The number of rotatable bonds is 2. The van der Waals surface area contributed by atoms with Gasteiger partial charge in [0, 0.05) is 11.8 Å². The van der Waals surface area contributed by atoms with Crippen molar-refractivity contribution in [3.05, 3.63) is 47.0 Å². The summed E-state index contributed by atoms with van der Waals surface area (Å²) in [6, 6.07) is 9.47. The van der Waals surface area contributed by atoms with Crippen LogP contribution in [0.1, 0.15) is 5.56 Å². The van der Waals surface area contributed by atoms with Gasteiger partial charge in [0.1, 0.15) is 5.70 Å². The molecule has 16 heavy (non-hydrogen) atoms. The minimum atomic E-state index is -4.27. The van der Waals surface area contributed by atoms with E-state index in [4.69, 9.17) is 0 Å². The Morgan fingerprint density at radius 1 is 1.19 bits per heavy atom. The average Bonchev–Trinajstić information content (AvgIpc) is 2.67. The summed E-state index contributed by atoms with van der Waals surface area (Å²) in [4.78, 5) is 0. The predicted molar refractivity (Wildman–Crippen MR) is 58.8 cm³/mol. The van der Waals surface area contributed by atoms with Crippen molar-refractivity contribution in [2.45, 2.75) is 18.0 Å². The fourth-order valence-electron chi connectivity index (χ4n) is 1.47. The molecule has 1 aromatic carbocycles. The van der Waals surface area contributed by atoms with E-state index in [-0.39, 0.29) is 5.37 Å². The fourth-order valence-corrected chi connectivity index (χ4v) is 2.45. The third-order valence-electron chi connectivity index (χ3n) is 2.24. The molecule has 0 radical (unpaired) electrons. The van der Waals surface area contributed by atoms with Crippen LogP contribution < -0.4 is 5.32 Å². The second-order valence-corrected chi connectivity index (χ2v) is 4.56. The molecule has 0 saturated carbocycles. The number of nitrogens with one attached hydrogen (secondary N) is 1. The summed E-state index contributed by atoms with van der Waals surface area (Å²) < 4.78 is 37.0. The lowest BCUT2D eigenvalue weighted by Crippen LogP contribution is -2.29. The molecule has 0 amide bonds. The molecular formula is C11H10F3NS. The number of thioether (sulfide) groups is 1. The van der Waals surface area contributed by atoms with Crippen molar-refractivity contribution in [2.24, 2.45) is 0 Å². The molecule has 1 atom stereocenters. The first-order valence-corrected chi connectivity index (χ1v) is 5.73. The lowest BCUT2D eigenvalue weighted by atomic mass is 10.1. The van der Waals surface area contributed by atoms with Crippen LogP contribution in [-0.4, -0.2) is 11.6 Å². The first-order chi connectivity index (χ1) is 7.55. The largest absolute Gasteiger partial charge is 0.431 e. The highest BCUT2D eigenvalue weighted by Crippen LogP contribution is 2.33. The molecule has 1 aliphatic rings. The highest BCUT2D eigenvalue weighted by atomic mass is 32.2. The maximum Gasteiger partial charge on any atom is 0.431 e. The highest BCUT2D eigenvalue weighted by Gasteiger charge is 2.37. The fraction of sp³-hybridized carbons (Fsp3) is 0.273. The maximum atomic E-state index is 12.3. The van der Waals surface area contributed by atoms with Gasteiger partial charge < -0.3 is 5.32 Å². The van der Waals surface area contributed by atoms with Crippen molar-refractivity contribution in [3.8, 4) is 0 Å².